The van der Waals surface area contributed by atoms with Crippen LogP contribution < -0.4 is 0 Å². The Hall–Kier alpha value is -1.21. The van der Waals surface area contributed by atoms with Gasteiger partial charge in [-0.2, -0.15) is 0 Å². The van der Waals surface area contributed by atoms with Crippen LogP contribution in [0, 0.1) is 0 Å². The van der Waals surface area contributed by atoms with Gasteiger partial charge in [-0.15, -0.1) is 0 Å². The topological polar surface area (TPSA) is 42.0 Å². The van der Waals surface area contributed by atoms with Gasteiger partial charge in [0.2, 0.25) is 5.91 Å². The van der Waals surface area contributed by atoms with Gasteiger partial charge in [0.25, 0.3) is 0 Å². The van der Waals surface area contributed by atoms with Crippen molar-refractivity contribution in [3.63, 3.8) is 0 Å². The van der Waals surface area contributed by atoms with Crippen LogP contribution in [0.4, 0.5) is 0 Å². The van der Waals surface area contributed by atoms with Gasteiger partial charge >= 0.3 is 0 Å². The van der Waals surface area contributed by atoms with E-state index in [1.54, 1.807) is 0 Å². The summed E-state index contributed by atoms with van der Waals surface area (Å²) >= 11 is 3.45. The molecule has 2 heterocycles. The van der Waals surface area contributed by atoms with Gasteiger partial charge in [0.15, 0.2) is 5.79 Å². The minimum Gasteiger partial charge on any atom is -0.347 e. The molecule has 1 saturated carbocycles. The fourth-order valence-corrected chi connectivity index (χ4v) is 4.82. The van der Waals surface area contributed by atoms with Crippen LogP contribution in [0.5, 0.6) is 0 Å². The first kappa shape index (κ1) is 19.1. The van der Waals surface area contributed by atoms with Crippen LogP contribution in [0.25, 0.3) is 0 Å². The summed E-state index contributed by atoms with van der Waals surface area (Å²) in [4.78, 5) is 17.4. The normalized spacial score (nSPS) is 27.3. The van der Waals surface area contributed by atoms with Gasteiger partial charge in [-0.25, -0.2) is 0 Å². The Morgan fingerprint density at radius 1 is 1.22 bits per heavy atom. The largest absolute Gasteiger partial charge is 0.347 e. The highest BCUT2D eigenvalue weighted by atomic mass is 79.9. The smallest absolute Gasteiger partial charge is 0.227 e. The molecule has 4 rings (SSSR count). The molecule has 1 aromatic rings. The van der Waals surface area contributed by atoms with Gasteiger partial charge in [0, 0.05) is 49.5 Å². The van der Waals surface area contributed by atoms with E-state index in [-0.39, 0.29) is 18.0 Å². The molecule has 5 nitrogen and oxygen atoms in total. The molecule has 0 bridgehead atoms. The Kier molecular flexibility index (Phi) is 5.69. The van der Waals surface area contributed by atoms with E-state index >= 15 is 0 Å². The summed E-state index contributed by atoms with van der Waals surface area (Å²) in [6.45, 7) is 3.22. The molecule has 1 aliphatic carbocycles. The average Bonchev–Trinajstić information content (AvgIpc) is 3.35. The van der Waals surface area contributed by atoms with E-state index in [0.29, 0.717) is 19.6 Å². The average molecular weight is 435 g/mol. The van der Waals surface area contributed by atoms with E-state index in [2.05, 4.69) is 33.0 Å². The predicted octanol–water partition coefficient (Wildman–Crippen LogP) is 2.99. The first-order valence-corrected chi connectivity index (χ1v) is 10.5. The van der Waals surface area contributed by atoms with E-state index in [4.69, 9.17) is 9.47 Å². The summed E-state index contributed by atoms with van der Waals surface area (Å²) in [5.41, 5.74) is 1.05. The number of benzene rings is 1. The molecule has 146 valence electrons. The van der Waals surface area contributed by atoms with Crippen molar-refractivity contribution in [1.82, 2.24) is 9.80 Å². The third-order valence-electron chi connectivity index (χ3n) is 6.07. The monoisotopic (exact) mass is 434 g/mol. The molecule has 0 aromatic heterocycles. The first-order valence-electron chi connectivity index (χ1n) is 9.73. The lowest BCUT2D eigenvalue weighted by Crippen LogP contribution is -2.58. The molecule has 2 atom stereocenters. The second-order valence-corrected chi connectivity index (χ2v) is 8.63. The fourth-order valence-electron chi connectivity index (χ4n) is 4.55. The Morgan fingerprint density at radius 2 is 1.89 bits per heavy atom. The van der Waals surface area contributed by atoms with E-state index in [9.17, 15) is 4.79 Å². The molecule has 6 heteroatoms. The number of amides is 1. The predicted molar refractivity (Wildman–Crippen MR) is 107 cm³/mol. The van der Waals surface area contributed by atoms with Crippen LogP contribution in [-0.4, -0.2) is 66.9 Å². The zero-order valence-electron chi connectivity index (χ0n) is 15.8. The summed E-state index contributed by atoms with van der Waals surface area (Å²) in [6.07, 6.45) is 7.43. The van der Waals surface area contributed by atoms with Crippen LogP contribution in [0.1, 0.15) is 24.8 Å². The van der Waals surface area contributed by atoms with Crippen LogP contribution in [0.3, 0.4) is 0 Å². The summed E-state index contributed by atoms with van der Waals surface area (Å²) in [6, 6.07) is 8.43. The maximum atomic E-state index is 13.0. The van der Waals surface area contributed by atoms with Crippen molar-refractivity contribution in [2.45, 2.75) is 43.6 Å². The van der Waals surface area contributed by atoms with E-state index in [0.717, 1.165) is 42.4 Å². The summed E-state index contributed by atoms with van der Waals surface area (Å²) in [7, 11) is 1.96. The molecule has 2 aliphatic heterocycles. The van der Waals surface area contributed by atoms with E-state index in [1.807, 2.05) is 36.2 Å². The molecule has 0 N–H and O–H groups in total. The Bertz CT molecular complexity index is 692. The Balaban J connectivity index is 1.47. The molecule has 27 heavy (non-hydrogen) atoms. The van der Waals surface area contributed by atoms with Gasteiger partial charge in [0.1, 0.15) is 0 Å². The van der Waals surface area contributed by atoms with Gasteiger partial charge in [0.05, 0.1) is 19.6 Å². The highest BCUT2D eigenvalue weighted by Crippen LogP contribution is 2.39. The van der Waals surface area contributed by atoms with Gasteiger partial charge in [-0.3, -0.25) is 9.69 Å². The van der Waals surface area contributed by atoms with Crippen LogP contribution in [-0.2, 0) is 20.7 Å². The second kappa shape index (κ2) is 8.03. The van der Waals surface area contributed by atoms with Crippen LogP contribution in [0.2, 0.25) is 0 Å². The minimum absolute atomic E-state index is 0.170. The van der Waals surface area contributed by atoms with Crippen molar-refractivity contribution in [3.05, 3.63) is 46.5 Å². The third kappa shape index (κ3) is 4.14. The second-order valence-electron chi connectivity index (χ2n) is 7.72. The van der Waals surface area contributed by atoms with Crippen molar-refractivity contribution in [1.29, 1.82) is 0 Å². The molecule has 1 spiro atoms. The lowest BCUT2D eigenvalue weighted by Gasteiger charge is -2.47. The van der Waals surface area contributed by atoms with Crippen molar-refractivity contribution >= 4 is 21.8 Å². The molecule has 1 aromatic carbocycles. The Labute approximate surface area is 169 Å². The molecule has 2 fully saturated rings. The Morgan fingerprint density at radius 3 is 2.56 bits per heavy atom. The highest BCUT2D eigenvalue weighted by Gasteiger charge is 2.48. The van der Waals surface area contributed by atoms with Crippen molar-refractivity contribution < 1.29 is 14.3 Å². The zero-order chi connectivity index (χ0) is 18.9. The van der Waals surface area contributed by atoms with Crippen molar-refractivity contribution in [3.8, 4) is 0 Å². The number of halogens is 1. The molecule has 1 amide bonds. The number of carbonyl (C=O) groups is 1. The number of likely N-dealkylation sites (N-methyl/N-ethyl adjacent to an activating group) is 1. The maximum Gasteiger partial charge on any atom is 0.227 e. The van der Waals surface area contributed by atoms with Gasteiger partial charge in [-0.1, -0.05) is 40.2 Å². The number of hydrogen-bond acceptors (Lipinski definition) is 4. The molecule has 3 aliphatic rings. The van der Waals surface area contributed by atoms with Crippen LogP contribution in [0.15, 0.2) is 40.9 Å². The first-order chi connectivity index (χ1) is 13.1. The molecule has 1 saturated heterocycles. The number of ether oxygens (including phenoxy) is 2. The lowest BCUT2D eigenvalue weighted by molar-refractivity contribution is -0.198. The quantitative estimate of drug-likeness (QED) is 0.683. The maximum absolute atomic E-state index is 13.0. The standard InChI is InChI=1S/C21H27BrN2O3/c1-23(20(25)14-16-4-6-17(22)7-5-16)18-8-9-21(26-12-13-27-21)15-19(18)24-10-2-3-11-24/h2-7,18-19H,8-15H2,1H3. The minimum atomic E-state index is -0.445. The zero-order valence-corrected chi connectivity index (χ0v) is 17.4. The lowest BCUT2D eigenvalue weighted by atomic mass is 9.83. The van der Waals surface area contributed by atoms with Gasteiger partial charge in [-0.05, 0) is 24.1 Å². The summed E-state index contributed by atoms with van der Waals surface area (Å²) in [5, 5.41) is 0. The number of nitrogens with zero attached hydrogens (tertiary/aromatic N) is 2. The van der Waals surface area contributed by atoms with Gasteiger partial charge < -0.3 is 14.4 Å². The number of rotatable bonds is 4. The summed E-state index contributed by atoms with van der Waals surface area (Å²) in [5.74, 6) is -0.275. The third-order valence-corrected chi connectivity index (χ3v) is 6.60. The fraction of sp³-hybridized carbons (Fsp3) is 0.571. The molecule has 2 unspecified atom stereocenters. The SMILES string of the molecule is CN(C(=O)Cc1ccc(Br)cc1)C1CCC2(CC1N1CC=CC1)OCCO2. The van der Waals surface area contributed by atoms with Crippen molar-refractivity contribution in [2.75, 3.05) is 33.4 Å². The molecular formula is C21H27BrN2O3. The summed E-state index contributed by atoms with van der Waals surface area (Å²) < 4.78 is 13.0. The highest BCUT2D eigenvalue weighted by molar-refractivity contribution is 9.10. The number of hydrogen-bond donors (Lipinski definition) is 0. The van der Waals surface area contributed by atoms with Crippen molar-refractivity contribution in [2.24, 2.45) is 0 Å². The van der Waals surface area contributed by atoms with E-state index < -0.39 is 5.79 Å². The molecular weight excluding hydrogens is 408 g/mol. The van der Waals surface area contributed by atoms with Crippen LogP contribution >= 0.6 is 15.9 Å². The number of carbonyl (C=O) groups excluding carboxylic acids is 1. The van der Waals surface area contributed by atoms with E-state index in [1.165, 1.54) is 0 Å². The molecule has 0 radical (unpaired) electrons.